The topological polar surface area (TPSA) is 92.8 Å². The number of nitrogens with one attached hydrogen (secondary N) is 1. The lowest BCUT2D eigenvalue weighted by molar-refractivity contribution is -0.922. The van der Waals surface area contributed by atoms with Crippen LogP contribution in [-0.2, 0) is 30.5 Å². The number of nitrogens with zero attached hydrogens (tertiary/aromatic N) is 2. The van der Waals surface area contributed by atoms with E-state index in [0.717, 1.165) is 12.5 Å². The van der Waals surface area contributed by atoms with Gasteiger partial charge in [-0.2, -0.15) is 0 Å². The minimum absolute atomic E-state index is 0.0357. The van der Waals surface area contributed by atoms with E-state index in [9.17, 15) is 28.0 Å². The second-order valence-corrected chi connectivity index (χ2v) is 9.84. The summed E-state index contributed by atoms with van der Waals surface area (Å²) in [6, 6.07) is 1.72. The fourth-order valence-corrected chi connectivity index (χ4v) is 6.02. The predicted molar refractivity (Wildman–Crippen MR) is 125 cm³/mol. The lowest BCUT2D eigenvalue weighted by Gasteiger charge is -2.51. The average Bonchev–Trinajstić information content (AvgIpc) is 3.03. The van der Waals surface area contributed by atoms with Gasteiger partial charge in [0.1, 0.15) is 23.4 Å². The van der Waals surface area contributed by atoms with E-state index in [0.29, 0.717) is 44.9 Å². The zero-order valence-electron chi connectivity index (χ0n) is 20.8. The molecule has 1 aliphatic carbocycles. The van der Waals surface area contributed by atoms with Gasteiger partial charge >= 0.3 is 0 Å². The molecule has 2 amide bonds. The van der Waals surface area contributed by atoms with Crippen LogP contribution in [0, 0.1) is 11.6 Å². The molecule has 0 radical (unpaired) electrons. The molecular weight excluding hydrogens is 472 g/mol. The van der Waals surface area contributed by atoms with E-state index >= 15 is 0 Å². The van der Waals surface area contributed by atoms with E-state index in [1.54, 1.807) is 11.9 Å². The van der Waals surface area contributed by atoms with E-state index in [-0.39, 0.29) is 28.3 Å². The van der Waals surface area contributed by atoms with Gasteiger partial charge in [0.05, 0.1) is 13.2 Å². The number of ether oxygens (including phenoxy) is 1. The largest absolute Gasteiger partial charge is 0.378 e. The monoisotopic (exact) mass is 504 g/mol. The van der Waals surface area contributed by atoms with Crippen LogP contribution in [0.3, 0.4) is 0 Å². The number of rotatable bonds is 7. The van der Waals surface area contributed by atoms with Crippen molar-refractivity contribution in [2.45, 2.75) is 70.3 Å². The first-order valence-corrected chi connectivity index (χ1v) is 12.4. The summed E-state index contributed by atoms with van der Waals surface area (Å²) in [7, 11) is 1.72. The van der Waals surface area contributed by atoms with Gasteiger partial charge in [0, 0.05) is 44.2 Å². The van der Waals surface area contributed by atoms with Gasteiger partial charge in [-0.25, -0.2) is 8.78 Å². The van der Waals surface area contributed by atoms with Gasteiger partial charge < -0.3 is 10.1 Å². The number of quaternary nitrogens is 1. The van der Waals surface area contributed by atoms with Crippen molar-refractivity contribution < 1.29 is 37.2 Å². The highest BCUT2D eigenvalue weighted by Gasteiger charge is 2.71. The number of ketones is 2. The Morgan fingerprint density at radius 2 is 1.89 bits per heavy atom. The van der Waals surface area contributed by atoms with E-state index in [1.807, 2.05) is 13.8 Å². The Hall–Kier alpha value is -2.98. The molecule has 0 aromatic heterocycles. The van der Waals surface area contributed by atoms with E-state index in [1.165, 1.54) is 12.3 Å². The summed E-state index contributed by atoms with van der Waals surface area (Å²) in [4.78, 5) is 54.3. The molecule has 4 rings (SSSR count). The highest BCUT2D eigenvalue weighted by molar-refractivity contribution is 6.53. The molecule has 3 aliphatic rings. The van der Waals surface area contributed by atoms with Crippen molar-refractivity contribution in [1.82, 2.24) is 10.2 Å². The maximum atomic E-state index is 14.0. The molecule has 1 aromatic carbocycles. The standard InChI is InChI=1S/C26H31F2N3O5/c1-4-12-36-18-8-10-26(11-9-18)30(5-2)25(35)21-23(33)22(32)19(15-31(21,26)3)24(34)29-14-16-6-7-17(27)13-20(16)28/h6-7,13,15,18,21H,4-5,8-12,14H2,1-3H3/p+1. The second kappa shape index (κ2) is 9.82. The molecule has 2 heterocycles. The molecule has 2 aliphatic heterocycles. The van der Waals surface area contributed by atoms with Crippen LogP contribution in [0.5, 0.6) is 0 Å². The first-order valence-electron chi connectivity index (χ1n) is 12.4. The van der Waals surface area contributed by atoms with Crippen molar-refractivity contribution in [2.24, 2.45) is 0 Å². The van der Waals surface area contributed by atoms with Gasteiger partial charge in [0.25, 0.3) is 17.6 Å². The molecule has 1 spiro atoms. The van der Waals surface area contributed by atoms with E-state index < -0.39 is 46.7 Å². The summed E-state index contributed by atoms with van der Waals surface area (Å²) in [5, 5.41) is 2.46. The molecular formula is C26H32F2N3O5+. The third-order valence-corrected chi connectivity index (χ3v) is 7.86. The summed E-state index contributed by atoms with van der Waals surface area (Å²) >= 11 is 0. The number of hydrogen-bond acceptors (Lipinski definition) is 5. The molecule has 2 atom stereocenters. The summed E-state index contributed by atoms with van der Waals surface area (Å²) in [6.07, 6.45) is 4.87. The van der Waals surface area contributed by atoms with Gasteiger partial charge in [-0.1, -0.05) is 13.0 Å². The van der Waals surface area contributed by atoms with Gasteiger partial charge in [-0.3, -0.25) is 28.6 Å². The van der Waals surface area contributed by atoms with Crippen LogP contribution in [0.25, 0.3) is 0 Å². The molecule has 1 N–H and O–H groups in total. The van der Waals surface area contributed by atoms with Crippen LogP contribution in [0.4, 0.5) is 8.78 Å². The van der Waals surface area contributed by atoms with Crippen molar-refractivity contribution >= 4 is 23.4 Å². The number of likely N-dealkylation sites (N-methyl/N-ethyl adjacent to an activating group) is 2. The van der Waals surface area contributed by atoms with Gasteiger partial charge in [-0.05, 0) is 32.3 Å². The SMILES string of the molecule is CCCOC1CCC2(CC1)N(CC)C(=O)C1C(=O)C(=O)C(C(=O)NCc3ccc(F)cc3F)=C[N+]12C. The molecule has 0 bridgehead atoms. The fraction of sp³-hybridized carbons (Fsp3) is 0.538. The molecule has 194 valence electrons. The van der Waals surface area contributed by atoms with Crippen LogP contribution in [0.2, 0.25) is 0 Å². The third-order valence-electron chi connectivity index (χ3n) is 7.86. The number of halogens is 2. The Labute approximate surface area is 208 Å². The number of carbonyl (C=O) groups is 4. The molecule has 2 fully saturated rings. The average molecular weight is 505 g/mol. The summed E-state index contributed by atoms with van der Waals surface area (Å²) in [6.45, 7) is 4.59. The number of Topliss-reactive ketones (excluding diaryl/α,β-unsaturated/α-hetero) is 2. The van der Waals surface area contributed by atoms with E-state index in [4.69, 9.17) is 4.74 Å². The Morgan fingerprint density at radius 3 is 2.50 bits per heavy atom. The molecule has 36 heavy (non-hydrogen) atoms. The lowest BCUT2D eigenvalue weighted by atomic mass is 9.82. The molecule has 1 saturated carbocycles. The first kappa shape index (κ1) is 26.1. The van der Waals surface area contributed by atoms with Crippen molar-refractivity contribution in [3.8, 4) is 0 Å². The minimum Gasteiger partial charge on any atom is -0.378 e. The van der Waals surface area contributed by atoms with Gasteiger partial charge in [-0.15, -0.1) is 0 Å². The Bertz CT molecular complexity index is 1130. The van der Waals surface area contributed by atoms with Gasteiger partial charge in [0.15, 0.2) is 5.66 Å². The Kier molecular flexibility index (Phi) is 7.12. The normalized spacial score (nSPS) is 30.0. The Balaban J connectivity index is 1.65. The summed E-state index contributed by atoms with van der Waals surface area (Å²) in [5.74, 6) is -4.78. The summed E-state index contributed by atoms with van der Waals surface area (Å²) < 4.78 is 32.9. The van der Waals surface area contributed by atoms with Crippen LogP contribution >= 0.6 is 0 Å². The van der Waals surface area contributed by atoms with Crippen molar-refractivity contribution in [3.63, 3.8) is 0 Å². The second-order valence-electron chi connectivity index (χ2n) is 9.84. The zero-order valence-corrected chi connectivity index (χ0v) is 20.8. The fourth-order valence-electron chi connectivity index (χ4n) is 6.02. The van der Waals surface area contributed by atoms with Crippen LogP contribution in [0.15, 0.2) is 30.0 Å². The van der Waals surface area contributed by atoms with Gasteiger partial charge in [0.2, 0.25) is 11.8 Å². The van der Waals surface area contributed by atoms with Crippen molar-refractivity contribution in [3.05, 3.63) is 47.2 Å². The van der Waals surface area contributed by atoms with Crippen molar-refractivity contribution in [2.75, 3.05) is 20.2 Å². The smallest absolute Gasteiger partial charge is 0.294 e. The molecule has 8 nitrogen and oxygen atoms in total. The third kappa shape index (κ3) is 4.06. The number of benzene rings is 1. The van der Waals surface area contributed by atoms with Crippen LogP contribution < -0.4 is 5.32 Å². The molecule has 10 heteroatoms. The molecule has 1 saturated heterocycles. The maximum Gasteiger partial charge on any atom is 0.294 e. The summed E-state index contributed by atoms with van der Waals surface area (Å²) in [5.41, 5.74) is -1.11. The van der Waals surface area contributed by atoms with Crippen LogP contribution in [-0.4, -0.2) is 70.8 Å². The predicted octanol–water partition coefficient (Wildman–Crippen LogP) is 2.36. The molecule has 2 unspecified atom stereocenters. The highest BCUT2D eigenvalue weighted by Crippen LogP contribution is 2.50. The van der Waals surface area contributed by atoms with Crippen LogP contribution in [0.1, 0.15) is 51.5 Å². The molecule has 1 aromatic rings. The number of fused-ring (bicyclic) bond motifs is 2. The zero-order chi connectivity index (χ0) is 26.3. The minimum atomic E-state index is -1.24. The highest BCUT2D eigenvalue weighted by atomic mass is 19.1. The van der Waals surface area contributed by atoms with E-state index in [2.05, 4.69) is 5.32 Å². The number of carbonyl (C=O) groups excluding carboxylic acids is 4. The van der Waals surface area contributed by atoms with Crippen molar-refractivity contribution in [1.29, 1.82) is 0 Å². The number of amides is 2. The maximum absolute atomic E-state index is 14.0. The first-order chi connectivity index (χ1) is 17.1. The Morgan fingerprint density at radius 1 is 1.19 bits per heavy atom. The lowest BCUT2D eigenvalue weighted by Crippen LogP contribution is -2.68. The quantitative estimate of drug-likeness (QED) is 0.266. The number of hydrogen-bond donors (Lipinski definition) is 1.